The SMILES string of the molecule is O=C(NC1CC1)c1cccc(NC(=O)C2CCN(C(=O)Nc3ccccc3)CC2)c1. The number of nitrogens with zero attached hydrogens (tertiary/aromatic N) is 1. The molecule has 30 heavy (non-hydrogen) atoms. The van der Waals surface area contributed by atoms with Crippen LogP contribution in [-0.4, -0.2) is 41.9 Å². The van der Waals surface area contributed by atoms with Crippen LogP contribution in [-0.2, 0) is 4.79 Å². The van der Waals surface area contributed by atoms with Crippen molar-refractivity contribution < 1.29 is 14.4 Å². The second kappa shape index (κ2) is 8.98. The molecule has 2 aliphatic rings. The molecule has 0 atom stereocenters. The van der Waals surface area contributed by atoms with Crippen LogP contribution >= 0.6 is 0 Å². The number of rotatable bonds is 5. The molecule has 0 unspecified atom stereocenters. The van der Waals surface area contributed by atoms with Crippen LogP contribution in [0.2, 0.25) is 0 Å². The van der Waals surface area contributed by atoms with Crippen LogP contribution in [0.15, 0.2) is 54.6 Å². The number of para-hydroxylation sites is 1. The summed E-state index contributed by atoms with van der Waals surface area (Å²) in [5.74, 6) is -0.334. The molecule has 1 heterocycles. The van der Waals surface area contributed by atoms with E-state index in [-0.39, 0.29) is 23.8 Å². The van der Waals surface area contributed by atoms with Gasteiger partial charge in [0.1, 0.15) is 0 Å². The molecular formula is C23H26N4O3. The third-order valence-electron chi connectivity index (χ3n) is 5.48. The number of hydrogen-bond acceptors (Lipinski definition) is 3. The Morgan fingerprint density at radius 3 is 2.20 bits per heavy atom. The first-order chi connectivity index (χ1) is 14.6. The molecule has 0 spiro atoms. The van der Waals surface area contributed by atoms with Crippen molar-refractivity contribution in [3.63, 3.8) is 0 Å². The van der Waals surface area contributed by atoms with E-state index in [9.17, 15) is 14.4 Å². The zero-order valence-electron chi connectivity index (χ0n) is 16.8. The average Bonchev–Trinajstić information content (AvgIpc) is 3.59. The van der Waals surface area contributed by atoms with Gasteiger partial charge in [0.05, 0.1) is 0 Å². The number of hydrogen-bond donors (Lipinski definition) is 3. The van der Waals surface area contributed by atoms with Crippen LogP contribution in [0.3, 0.4) is 0 Å². The monoisotopic (exact) mass is 406 g/mol. The maximum Gasteiger partial charge on any atom is 0.321 e. The second-order valence-corrected chi connectivity index (χ2v) is 7.88. The molecular weight excluding hydrogens is 380 g/mol. The van der Waals surface area contributed by atoms with E-state index < -0.39 is 0 Å². The number of anilines is 2. The predicted molar refractivity (Wildman–Crippen MR) is 115 cm³/mol. The highest BCUT2D eigenvalue weighted by Crippen LogP contribution is 2.22. The van der Waals surface area contributed by atoms with Gasteiger partial charge in [0.2, 0.25) is 5.91 Å². The minimum Gasteiger partial charge on any atom is -0.349 e. The van der Waals surface area contributed by atoms with Crippen molar-refractivity contribution >= 4 is 29.2 Å². The highest BCUT2D eigenvalue weighted by Gasteiger charge is 2.28. The summed E-state index contributed by atoms with van der Waals surface area (Å²) in [5, 5.41) is 8.75. The van der Waals surface area contributed by atoms with Gasteiger partial charge in [-0.15, -0.1) is 0 Å². The Bertz CT molecular complexity index is 919. The number of carbonyl (C=O) groups excluding carboxylic acids is 3. The lowest BCUT2D eigenvalue weighted by Crippen LogP contribution is -2.43. The fourth-order valence-electron chi connectivity index (χ4n) is 3.55. The first-order valence-corrected chi connectivity index (χ1v) is 10.4. The summed E-state index contributed by atoms with van der Waals surface area (Å²) in [4.78, 5) is 39.0. The summed E-state index contributed by atoms with van der Waals surface area (Å²) in [6.07, 6.45) is 3.28. The average molecular weight is 406 g/mol. The highest BCUT2D eigenvalue weighted by molar-refractivity contribution is 5.98. The van der Waals surface area contributed by atoms with E-state index >= 15 is 0 Å². The van der Waals surface area contributed by atoms with Gasteiger partial charge in [0.15, 0.2) is 0 Å². The summed E-state index contributed by atoms with van der Waals surface area (Å²) in [6.45, 7) is 1.06. The number of likely N-dealkylation sites (tertiary alicyclic amines) is 1. The number of nitrogens with one attached hydrogen (secondary N) is 3. The minimum atomic E-state index is -0.158. The summed E-state index contributed by atoms with van der Waals surface area (Å²) >= 11 is 0. The van der Waals surface area contributed by atoms with E-state index in [1.165, 1.54) is 0 Å². The standard InChI is InChI=1S/C23H26N4O3/c28-21(25-20-8-4-5-17(15-20)22(29)24-19-9-10-19)16-11-13-27(14-12-16)23(30)26-18-6-2-1-3-7-18/h1-8,15-16,19H,9-14H2,(H,24,29)(H,25,28)(H,26,30). The van der Waals surface area contributed by atoms with Gasteiger partial charge in [0.25, 0.3) is 5.91 Å². The lowest BCUT2D eigenvalue weighted by molar-refractivity contribution is -0.121. The van der Waals surface area contributed by atoms with Gasteiger partial charge >= 0.3 is 6.03 Å². The lowest BCUT2D eigenvalue weighted by Gasteiger charge is -2.31. The fraction of sp³-hybridized carbons (Fsp3) is 0.348. The molecule has 1 aliphatic heterocycles. The molecule has 156 valence electrons. The van der Waals surface area contributed by atoms with Crippen LogP contribution in [0.1, 0.15) is 36.0 Å². The highest BCUT2D eigenvalue weighted by atomic mass is 16.2. The minimum absolute atomic E-state index is 0.0714. The van der Waals surface area contributed by atoms with Crippen molar-refractivity contribution in [1.29, 1.82) is 0 Å². The van der Waals surface area contributed by atoms with E-state index in [0.29, 0.717) is 43.2 Å². The van der Waals surface area contributed by atoms with Crippen molar-refractivity contribution in [3.8, 4) is 0 Å². The topological polar surface area (TPSA) is 90.5 Å². The van der Waals surface area contributed by atoms with E-state index in [1.54, 1.807) is 29.2 Å². The molecule has 7 nitrogen and oxygen atoms in total. The molecule has 4 rings (SSSR count). The van der Waals surface area contributed by atoms with Crippen molar-refractivity contribution in [2.24, 2.45) is 5.92 Å². The van der Waals surface area contributed by atoms with Gasteiger partial charge in [-0.25, -0.2) is 4.79 Å². The summed E-state index contributed by atoms with van der Waals surface area (Å²) in [6, 6.07) is 16.5. The summed E-state index contributed by atoms with van der Waals surface area (Å²) < 4.78 is 0. The van der Waals surface area contributed by atoms with Crippen LogP contribution < -0.4 is 16.0 Å². The zero-order chi connectivity index (χ0) is 20.9. The Morgan fingerprint density at radius 2 is 1.50 bits per heavy atom. The van der Waals surface area contributed by atoms with Gasteiger partial charge < -0.3 is 20.9 Å². The largest absolute Gasteiger partial charge is 0.349 e. The smallest absolute Gasteiger partial charge is 0.321 e. The summed E-state index contributed by atoms with van der Waals surface area (Å²) in [7, 11) is 0. The molecule has 0 bridgehead atoms. The molecule has 2 aromatic carbocycles. The molecule has 3 N–H and O–H groups in total. The van der Waals surface area contributed by atoms with Crippen molar-refractivity contribution in [2.75, 3.05) is 23.7 Å². The van der Waals surface area contributed by atoms with Gasteiger partial charge in [-0.3, -0.25) is 9.59 Å². The molecule has 7 heteroatoms. The Labute approximate surface area is 175 Å². The van der Waals surface area contributed by atoms with Gasteiger partial charge in [-0.2, -0.15) is 0 Å². The number of carbonyl (C=O) groups is 3. The van der Waals surface area contributed by atoms with Crippen molar-refractivity contribution in [1.82, 2.24) is 10.2 Å². The van der Waals surface area contributed by atoms with Gasteiger partial charge in [-0.1, -0.05) is 24.3 Å². The Hall–Kier alpha value is -3.35. The molecule has 2 fully saturated rings. The van der Waals surface area contributed by atoms with Crippen LogP contribution in [0.5, 0.6) is 0 Å². The van der Waals surface area contributed by atoms with Gasteiger partial charge in [-0.05, 0) is 56.0 Å². The van der Waals surface area contributed by atoms with E-state index in [0.717, 1.165) is 18.5 Å². The molecule has 1 saturated carbocycles. The van der Waals surface area contributed by atoms with E-state index in [1.807, 2.05) is 30.3 Å². The van der Waals surface area contributed by atoms with Crippen molar-refractivity contribution in [2.45, 2.75) is 31.7 Å². The van der Waals surface area contributed by atoms with Crippen LogP contribution in [0.4, 0.5) is 16.2 Å². The maximum atomic E-state index is 12.7. The first-order valence-electron chi connectivity index (χ1n) is 10.4. The fourth-order valence-corrected chi connectivity index (χ4v) is 3.55. The third-order valence-corrected chi connectivity index (χ3v) is 5.48. The van der Waals surface area contributed by atoms with Crippen LogP contribution in [0.25, 0.3) is 0 Å². The van der Waals surface area contributed by atoms with E-state index in [4.69, 9.17) is 0 Å². The quantitative estimate of drug-likeness (QED) is 0.710. The molecule has 2 aromatic rings. The lowest BCUT2D eigenvalue weighted by atomic mass is 9.96. The number of urea groups is 1. The predicted octanol–water partition coefficient (Wildman–Crippen LogP) is 3.46. The number of amides is 4. The molecule has 1 saturated heterocycles. The van der Waals surface area contributed by atoms with E-state index in [2.05, 4.69) is 16.0 Å². The second-order valence-electron chi connectivity index (χ2n) is 7.88. The molecule has 1 aliphatic carbocycles. The molecule has 0 radical (unpaired) electrons. The Balaban J connectivity index is 1.27. The molecule has 4 amide bonds. The normalized spacial score (nSPS) is 16.6. The zero-order valence-corrected chi connectivity index (χ0v) is 16.8. The van der Waals surface area contributed by atoms with Crippen LogP contribution in [0, 0.1) is 5.92 Å². The van der Waals surface area contributed by atoms with Gasteiger partial charge in [0, 0.05) is 42.0 Å². The third kappa shape index (κ3) is 5.17. The molecule has 0 aromatic heterocycles. The number of benzene rings is 2. The summed E-state index contributed by atoms with van der Waals surface area (Å²) in [5.41, 5.74) is 1.92. The first kappa shape index (κ1) is 19.9. The van der Waals surface area contributed by atoms with Crippen molar-refractivity contribution in [3.05, 3.63) is 60.2 Å². The maximum absolute atomic E-state index is 12.7. The Morgan fingerprint density at radius 1 is 0.800 bits per heavy atom. The Kier molecular flexibility index (Phi) is 5.97. The number of piperidine rings is 1.